The predicted octanol–water partition coefficient (Wildman–Crippen LogP) is 4.13. The number of likely N-dealkylation sites (tertiary alicyclic amines) is 1. The molecule has 0 radical (unpaired) electrons. The number of rotatable bonds is 3. The number of alkyl halides is 3. The summed E-state index contributed by atoms with van der Waals surface area (Å²) in [5, 5.41) is 11.7. The first-order valence-electron chi connectivity index (χ1n) is 11.5. The van der Waals surface area contributed by atoms with Crippen LogP contribution in [0.25, 0.3) is 0 Å². The molecule has 2 aliphatic heterocycles. The number of benzene rings is 2. The number of hydrogen-bond donors (Lipinski definition) is 1. The van der Waals surface area contributed by atoms with Crippen molar-refractivity contribution in [2.75, 3.05) is 31.6 Å². The molecule has 2 aromatic carbocycles. The third-order valence-corrected chi connectivity index (χ3v) is 7.23. The van der Waals surface area contributed by atoms with E-state index in [2.05, 4.69) is 5.32 Å². The molecule has 1 unspecified atom stereocenters. The van der Waals surface area contributed by atoms with Gasteiger partial charge in [-0.2, -0.15) is 18.4 Å². The second-order valence-electron chi connectivity index (χ2n) is 9.46. The Morgan fingerprint density at radius 3 is 2.34 bits per heavy atom. The first-order valence-corrected chi connectivity index (χ1v) is 11.5. The zero-order chi connectivity index (χ0) is 25.4. The highest BCUT2D eigenvalue weighted by molar-refractivity contribution is 5.94. The van der Waals surface area contributed by atoms with Crippen molar-refractivity contribution in [1.82, 2.24) is 10.2 Å². The maximum atomic E-state index is 13.6. The van der Waals surface area contributed by atoms with Gasteiger partial charge in [-0.25, -0.2) is 0 Å². The molecule has 35 heavy (non-hydrogen) atoms. The van der Waals surface area contributed by atoms with Crippen LogP contribution in [0.15, 0.2) is 42.5 Å². The van der Waals surface area contributed by atoms with E-state index >= 15 is 0 Å². The van der Waals surface area contributed by atoms with E-state index in [1.807, 2.05) is 31.2 Å². The van der Waals surface area contributed by atoms with Gasteiger partial charge in [0.25, 0.3) is 5.91 Å². The van der Waals surface area contributed by atoms with Crippen LogP contribution in [0.2, 0.25) is 0 Å². The van der Waals surface area contributed by atoms with E-state index in [1.54, 1.807) is 15.9 Å². The van der Waals surface area contributed by atoms with Crippen LogP contribution in [0, 0.1) is 23.7 Å². The smallest absolute Gasteiger partial charge is 0.359 e. The van der Waals surface area contributed by atoms with Crippen molar-refractivity contribution in [3.05, 3.63) is 64.7 Å². The number of nitrogens with one attached hydrogen (secondary N) is 1. The molecule has 2 saturated heterocycles. The fourth-order valence-electron chi connectivity index (χ4n) is 5.20. The van der Waals surface area contributed by atoms with Crippen molar-refractivity contribution in [1.29, 1.82) is 5.26 Å². The number of nitrogens with zero attached hydrogens (tertiary/aromatic N) is 3. The highest BCUT2D eigenvalue weighted by Gasteiger charge is 2.49. The summed E-state index contributed by atoms with van der Waals surface area (Å²) in [4.78, 5) is 29.2. The summed E-state index contributed by atoms with van der Waals surface area (Å²) in [5.74, 6) is -0.308. The van der Waals surface area contributed by atoms with Crippen molar-refractivity contribution >= 4 is 17.5 Å². The molecule has 2 amide bonds. The molecular weight excluding hydrogens is 457 g/mol. The summed E-state index contributed by atoms with van der Waals surface area (Å²) in [6.45, 7) is 3.39. The third kappa shape index (κ3) is 4.83. The Morgan fingerprint density at radius 2 is 1.77 bits per heavy atom. The Labute approximate surface area is 202 Å². The maximum Gasteiger partial charge on any atom is 0.417 e. The summed E-state index contributed by atoms with van der Waals surface area (Å²) in [6, 6.07) is 12.0. The largest absolute Gasteiger partial charge is 0.417 e. The highest BCUT2D eigenvalue weighted by Crippen LogP contribution is 2.46. The van der Waals surface area contributed by atoms with Crippen LogP contribution in [0.3, 0.4) is 0 Å². The van der Waals surface area contributed by atoms with E-state index < -0.39 is 23.3 Å². The van der Waals surface area contributed by atoms with E-state index in [-0.39, 0.29) is 22.9 Å². The zero-order valence-corrected chi connectivity index (χ0v) is 19.7. The second kappa shape index (κ2) is 9.25. The Bertz CT molecular complexity index is 1160. The van der Waals surface area contributed by atoms with E-state index in [0.717, 1.165) is 17.7 Å². The molecule has 1 N–H and O–H groups in total. The summed E-state index contributed by atoms with van der Waals surface area (Å²) in [5.41, 5.74) is 0.206. The molecule has 4 rings (SSSR count). The molecule has 0 bridgehead atoms. The molecule has 2 heterocycles. The lowest BCUT2D eigenvalue weighted by atomic mass is 9.76. The van der Waals surface area contributed by atoms with Crippen molar-refractivity contribution in [2.45, 2.75) is 38.4 Å². The van der Waals surface area contributed by atoms with Gasteiger partial charge in [-0.1, -0.05) is 17.7 Å². The fraction of sp³-hybridized carbons (Fsp3) is 0.423. The van der Waals surface area contributed by atoms with E-state index in [9.17, 15) is 22.8 Å². The standard InChI is InChI=1S/C26H27F3N4O2/c1-17-3-5-18(6-4-17)24(35)32-11-9-25(10-12-32)14-22(23(34)31-2)33(16-25)20-8-7-19(15-30)21(13-20)26(27,28)29/h3-8,13,22H,9-12,14,16H2,1-2H3,(H,31,34). The van der Waals surface area contributed by atoms with Gasteiger partial charge in [-0.05, 0) is 61.9 Å². The van der Waals surface area contributed by atoms with Crippen LogP contribution in [-0.2, 0) is 11.0 Å². The molecule has 1 spiro atoms. The number of nitriles is 1. The molecule has 6 nitrogen and oxygen atoms in total. The van der Waals surface area contributed by atoms with Crippen LogP contribution in [-0.4, -0.2) is 49.4 Å². The fourth-order valence-corrected chi connectivity index (χ4v) is 5.20. The van der Waals surface area contributed by atoms with Gasteiger partial charge in [0.15, 0.2) is 0 Å². The average Bonchev–Trinajstić information content (AvgIpc) is 3.22. The average molecular weight is 485 g/mol. The van der Waals surface area contributed by atoms with Gasteiger partial charge in [0, 0.05) is 37.9 Å². The van der Waals surface area contributed by atoms with Gasteiger partial charge in [-0.15, -0.1) is 0 Å². The zero-order valence-electron chi connectivity index (χ0n) is 19.7. The number of carbonyl (C=O) groups excluding carboxylic acids is 2. The Morgan fingerprint density at radius 1 is 1.11 bits per heavy atom. The molecule has 2 fully saturated rings. The summed E-state index contributed by atoms with van der Waals surface area (Å²) in [7, 11) is 1.51. The molecule has 2 aliphatic rings. The first-order chi connectivity index (χ1) is 16.6. The molecule has 1 atom stereocenters. The van der Waals surface area contributed by atoms with E-state index in [0.29, 0.717) is 44.5 Å². The Kier molecular flexibility index (Phi) is 6.50. The summed E-state index contributed by atoms with van der Waals surface area (Å²) >= 11 is 0. The Hall–Kier alpha value is -3.54. The number of anilines is 1. The SMILES string of the molecule is CNC(=O)C1CC2(CCN(C(=O)c3ccc(C)cc3)CC2)CN1c1ccc(C#N)c(C(F)(F)F)c1. The van der Waals surface area contributed by atoms with Gasteiger partial charge >= 0.3 is 6.18 Å². The van der Waals surface area contributed by atoms with Crippen molar-refractivity contribution in [2.24, 2.45) is 5.41 Å². The molecule has 0 saturated carbocycles. The molecular formula is C26H27F3N4O2. The number of likely N-dealkylation sites (N-methyl/N-ethyl adjacent to an activating group) is 1. The van der Waals surface area contributed by atoms with Gasteiger partial charge < -0.3 is 15.1 Å². The molecule has 0 aliphatic carbocycles. The third-order valence-electron chi connectivity index (χ3n) is 7.23. The van der Waals surface area contributed by atoms with Crippen LogP contribution < -0.4 is 10.2 Å². The minimum atomic E-state index is -4.68. The van der Waals surface area contributed by atoms with Gasteiger partial charge in [0.2, 0.25) is 5.91 Å². The molecule has 0 aromatic heterocycles. The normalized spacial score (nSPS) is 19.5. The minimum Gasteiger partial charge on any atom is -0.359 e. The monoisotopic (exact) mass is 484 g/mol. The van der Waals surface area contributed by atoms with Gasteiger partial charge in [0.05, 0.1) is 17.2 Å². The lowest BCUT2D eigenvalue weighted by Crippen LogP contribution is -2.44. The van der Waals surface area contributed by atoms with Crippen LogP contribution >= 0.6 is 0 Å². The maximum absolute atomic E-state index is 13.6. The van der Waals surface area contributed by atoms with Crippen LogP contribution in [0.1, 0.15) is 46.3 Å². The number of amides is 2. The molecule has 2 aromatic rings. The topological polar surface area (TPSA) is 76.4 Å². The molecule has 9 heteroatoms. The minimum absolute atomic E-state index is 0.0422. The highest BCUT2D eigenvalue weighted by atomic mass is 19.4. The number of piperidine rings is 1. The number of carbonyl (C=O) groups is 2. The number of halogens is 3. The lowest BCUT2D eigenvalue weighted by molar-refractivity contribution is -0.137. The number of aryl methyl sites for hydroxylation is 1. The van der Waals surface area contributed by atoms with Crippen molar-refractivity contribution in [3.8, 4) is 6.07 Å². The van der Waals surface area contributed by atoms with Crippen molar-refractivity contribution in [3.63, 3.8) is 0 Å². The van der Waals surface area contributed by atoms with Gasteiger partial charge in [0.1, 0.15) is 6.04 Å². The van der Waals surface area contributed by atoms with Gasteiger partial charge in [-0.3, -0.25) is 9.59 Å². The summed E-state index contributed by atoms with van der Waals surface area (Å²) in [6.07, 6.45) is -2.89. The van der Waals surface area contributed by atoms with Crippen molar-refractivity contribution < 1.29 is 22.8 Å². The second-order valence-corrected chi connectivity index (χ2v) is 9.46. The summed E-state index contributed by atoms with van der Waals surface area (Å²) < 4.78 is 40.7. The Balaban J connectivity index is 1.56. The van der Waals surface area contributed by atoms with E-state index in [4.69, 9.17) is 5.26 Å². The quantitative estimate of drug-likeness (QED) is 0.711. The van der Waals surface area contributed by atoms with Crippen LogP contribution in [0.5, 0.6) is 0 Å². The number of hydrogen-bond acceptors (Lipinski definition) is 4. The van der Waals surface area contributed by atoms with Crippen LogP contribution in [0.4, 0.5) is 18.9 Å². The molecule has 184 valence electrons. The van der Waals surface area contributed by atoms with E-state index in [1.165, 1.54) is 13.1 Å². The first kappa shape index (κ1) is 24.6. The lowest BCUT2D eigenvalue weighted by Gasteiger charge is -2.39. The predicted molar refractivity (Wildman–Crippen MR) is 125 cm³/mol.